The Morgan fingerprint density at radius 3 is 2.79 bits per heavy atom. The topological polar surface area (TPSA) is 38.3 Å². The summed E-state index contributed by atoms with van der Waals surface area (Å²) in [6.07, 6.45) is 6.39. The first-order chi connectivity index (χ1) is 11.8. The minimum Gasteiger partial charge on any atom is -0.361 e. The van der Waals surface area contributed by atoms with Gasteiger partial charge in [0, 0.05) is 31.3 Å². The normalized spacial score (nSPS) is 18.5. The van der Waals surface area contributed by atoms with E-state index in [4.69, 9.17) is 9.72 Å². The maximum Gasteiger partial charge on any atom is 0.128 e. The van der Waals surface area contributed by atoms with Crippen molar-refractivity contribution in [1.29, 1.82) is 0 Å². The fourth-order valence-electron chi connectivity index (χ4n) is 3.82. The molecule has 24 heavy (non-hydrogen) atoms. The molecule has 4 heteroatoms. The number of benzene rings is 1. The number of aryl methyl sites for hydroxylation is 2. The molecular formula is C20H25N3O. The lowest BCUT2D eigenvalue weighted by Crippen LogP contribution is -2.59. The zero-order valence-corrected chi connectivity index (χ0v) is 14.4. The molecule has 4 nitrogen and oxygen atoms in total. The fraction of sp³-hybridized carbons (Fsp3) is 0.500. The molecule has 0 bridgehead atoms. The van der Waals surface area contributed by atoms with E-state index in [2.05, 4.69) is 47.1 Å². The van der Waals surface area contributed by atoms with Gasteiger partial charge in [-0.05, 0) is 31.4 Å². The Bertz CT molecular complexity index is 695. The lowest BCUT2D eigenvalue weighted by atomic mass is 9.87. The zero-order valence-electron chi connectivity index (χ0n) is 14.4. The summed E-state index contributed by atoms with van der Waals surface area (Å²) in [5, 5.41) is 0. The minimum absolute atomic E-state index is 0.132. The molecule has 2 aromatic rings. The molecule has 0 amide bonds. The number of fused-ring (bicyclic) bond motifs is 2. The van der Waals surface area contributed by atoms with E-state index < -0.39 is 0 Å². The largest absolute Gasteiger partial charge is 0.361 e. The summed E-state index contributed by atoms with van der Waals surface area (Å²) in [5.74, 6) is 0.955. The van der Waals surface area contributed by atoms with Crippen molar-refractivity contribution in [2.45, 2.75) is 44.8 Å². The van der Waals surface area contributed by atoms with Crippen LogP contribution in [0.3, 0.4) is 0 Å². The van der Waals surface area contributed by atoms with Gasteiger partial charge in [-0.2, -0.15) is 0 Å². The second-order valence-corrected chi connectivity index (χ2v) is 6.98. The summed E-state index contributed by atoms with van der Waals surface area (Å²) in [7, 11) is 0. The van der Waals surface area contributed by atoms with E-state index in [1.54, 1.807) is 0 Å². The lowest BCUT2D eigenvalue weighted by Gasteiger charge is -2.47. The summed E-state index contributed by atoms with van der Waals surface area (Å²) in [6.45, 7) is 5.89. The Hall–Kier alpha value is -1.78. The Kier molecular flexibility index (Phi) is 4.33. The number of ether oxygens (including phenoxy) is 1. The number of nitrogens with zero attached hydrogens (tertiary/aromatic N) is 3. The van der Waals surface area contributed by atoms with Gasteiger partial charge < -0.3 is 4.74 Å². The number of aromatic nitrogens is 2. The molecule has 0 radical (unpaired) electrons. The van der Waals surface area contributed by atoms with Crippen LogP contribution in [-0.2, 0) is 29.8 Å². The Morgan fingerprint density at radius 2 is 2.00 bits per heavy atom. The maximum absolute atomic E-state index is 6.13. The van der Waals surface area contributed by atoms with Crippen molar-refractivity contribution >= 4 is 0 Å². The van der Waals surface area contributed by atoms with Gasteiger partial charge in [0.1, 0.15) is 11.4 Å². The van der Waals surface area contributed by atoms with Gasteiger partial charge in [0.25, 0.3) is 0 Å². The van der Waals surface area contributed by atoms with E-state index in [1.807, 2.05) is 6.20 Å². The van der Waals surface area contributed by atoms with Crippen LogP contribution in [0.15, 0.2) is 36.5 Å². The zero-order chi connectivity index (χ0) is 16.4. The van der Waals surface area contributed by atoms with Crippen LogP contribution in [0.5, 0.6) is 0 Å². The van der Waals surface area contributed by atoms with Gasteiger partial charge in [0.15, 0.2) is 0 Å². The minimum atomic E-state index is -0.132. The second-order valence-electron chi connectivity index (χ2n) is 6.98. The Labute approximate surface area is 143 Å². The van der Waals surface area contributed by atoms with E-state index in [9.17, 15) is 0 Å². The third kappa shape index (κ3) is 2.96. The van der Waals surface area contributed by atoms with Crippen molar-refractivity contribution in [3.8, 4) is 0 Å². The van der Waals surface area contributed by atoms with E-state index in [0.29, 0.717) is 6.61 Å². The molecule has 126 valence electrons. The first-order valence-corrected chi connectivity index (χ1v) is 9.04. The average molecular weight is 323 g/mol. The first-order valence-electron chi connectivity index (χ1n) is 9.04. The Balaban J connectivity index is 1.31. The Morgan fingerprint density at radius 1 is 1.17 bits per heavy atom. The summed E-state index contributed by atoms with van der Waals surface area (Å²) < 4.78 is 6.13. The number of likely N-dealkylation sites (tertiary alicyclic amines) is 1. The average Bonchev–Trinajstić information content (AvgIpc) is 2.95. The standard InChI is InChI=1S/C20H25N3O/c1-2-7-19-21-12-17-18(22-19)13-24-20(17)14-23(15-20)11-6-10-16-8-4-3-5-9-16/h3-5,8-9,12H,2,6-7,10-11,13-15H2,1H3. The molecule has 1 spiro atoms. The van der Waals surface area contributed by atoms with Crippen molar-refractivity contribution < 1.29 is 4.74 Å². The van der Waals surface area contributed by atoms with E-state index >= 15 is 0 Å². The van der Waals surface area contributed by atoms with E-state index in [0.717, 1.165) is 50.4 Å². The van der Waals surface area contributed by atoms with Gasteiger partial charge in [-0.1, -0.05) is 37.3 Å². The summed E-state index contributed by atoms with van der Waals surface area (Å²) >= 11 is 0. The summed E-state index contributed by atoms with van der Waals surface area (Å²) in [6, 6.07) is 10.7. The van der Waals surface area contributed by atoms with Crippen molar-refractivity contribution in [3.63, 3.8) is 0 Å². The van der Waals surface area contributed by atoms with Gasteiger partial charge in [-0.25, -0.2) is 9.97 Å². The highest BCUT2D eigenvalue weighted by Gasteiger charge is 2.50. The van der Waals surface area contributed by atoms with Crippen LogP contribution in [-0.4, -0.2) is 34.5 Å². The SMILES string of the molecule is CCCc1ncc2c(n1)COC21CN(CCCc2ccccc2)C1. The van der Waals surface area contributed by atoms with Crippen LogP contribution in [0, 0.1) is 0 Å². The van der Waals surface area contributed by atoms with Crippen LogP contribution in [0.25, 0.3) is 0 Å². The molecule has 2 aliphatic rings. The molecule has 3 heterocycles. The first kappa shape index (κ1) is 15.7. The molecule has 0 unspecified atom stereocenters. The van der Waals surface area contributed by atoms with E-state index in [-0.39, 0.29) is 5.60 Å². The van der Waals surface area contributed by atoms with Crippen molar-refractivity contribution in [2.24, 2.45) is 0 Å². The smallest absolute Gasteiger partial charge is 0.128 e. The van der Waals surface area contributed by atoms with Crippen LogP contribution in [0.1, 0.15) is 42.4 Å². The molecule has 4 rings (SSSR count). The van der Waals surface area contributed by atoms with Gasteiger partial charge in [-0.15, -0.1) is 0 Å². The molecule has 0 atom stereocenters. The quantitative estimate of drug-likeness (QED) is 0.819. The summed E-state index contributed by atoms with van der Waals surface area (Å²) in [5.41, 5.74) is 3.62. The molecular weight excluding hydrogens is 298 g/mol. The molecule has 1 aromatic heterocycles. The third-order valence-corrected chi connectivity index (χ3v) is 5.11. The predicted molar refractivity (Wildman–Crippen MR) is 93.7 cm³/mol. The molecule has 0 saturated carbocycles. The van der Waals surface area contributed by atoms with Gasteiger partial charge >= 0.3 is 0 Å². The molecule has 1 saturated heterocycles. The van der Waals surface area contributed by atoms with Crippen LogP contribution in [0.2, 0.25) is 0 Å². The van der Waals surface area contributed by atoms with Crippen molar-refractivity contribution in [2.75, 3.05) is 19.6 Å². The predicted octanol–water partition coefficient (Wildman–Crippen LogP) is 3.10. The highest BCUT2D eigenvalue weighted by molar-refractivity contribution is 5.32. The monoisotopic (exact) mass is 323 g/mol. The third-order valence-electron chi connectivity index (χ3n) is 5.11. The van der Waals surface area contributed by atoms with Crippen molar-refractivity contribution in [3.05, 3.63) is 59.2 Å². The van der Waals surface area contributed by atoms with Crippen LogP contribution in [0.4, 0.5) is 0 Å². The van der Waals surface area contributed by atoms with Gasteiger partial charge in [0.2, 0.25) is 0 Å². The van der Waals surface area contributed by atoms with E-state index in [1.165, 1.54) is 17.5 Å². The highest BCUT2D eigenvalue weighted by Crippen LogP contribution is 2.42. The second kappa shape index (κ2) is 6.61. The highest BCUT2D eigenvalue weighted by atomic mass is 16.5. The molecule has 0 N–H and O–H groups in total. The molecule has 1 fully saturated rings. The molecule has 0 aliphatic carbocycles. The van der Waals surface area contributed by atoms with Crippen molar-refractivity contribution in [1.82, 2.24) is 14.9 Å². The van der Waals surface area contributed by atoms with Crippen LogP contribution < -0.4 is 0 Å². The molecule has 2 aliphatic heterocycles. The number of hydrogen-bond donors (Lipinski definition) is 0. The number of hydrogen-bond acceptors (Lipinski definition) is 4. The van der Waals surface area contributed by atoms with Gasteiger partial charge in [-0.3, -0.25) is 4.90 Å². The van der Waals surface area contributed by atoms with Gasteiger partial charge in [0.05, 0.1) is 12.3 Å². The maximum atomic E-state index is 6.13. The van der Waals surface area contributed by atoms with Crippen LogP contribution >= 0.6 is 0 Å². The number of rotatable bonds is 6. The lowest BCUT2D eigenvalue weighted by molar-refractivity contribution is -0.141. The fourth-order valence-corrected chi connectivity index (χ4v) is 3.82. The molecule has 1 aromatic carbocycles. The summed E-state index contributed by atoms with van der Waals surface area (Å²) in [4.78, 5) is 11.7.